The van der Waals surface area contributed by atoms with Crippen LogP contribution < -0.4 is 21.9 Å². The maximum Gasteiger partial charge on any atom is 0.330 e. The molecule has 8 heteroatoms. The molecule has 1 aliphatic carbocycles. The normalized spacial score (nSPS) is 15.3. The number of rotatable bonds is 8. The fraction of sp³-hybridized carbons (Fsp3) is 0.737. The van der Waals surface area contributed by atoms with Crippen LogP contribution in [0.1, 0.15) is 52.4 Å². The SMILES string of the molecule is COCCN(C(=O)CC1CCCCC1)c1c(N)n(CC(C)C)c(=O)[nH]c1=O. The molecule has 0 unspecified atom stereocenters. The number of nitrogens with two attached hydrogens (primary N) is 1. The summed E-state index contributed by atoms with van der Waals surface area (Å²) in [6, 6.07) is 0. The Morgan fingerprint density at radius 2 is 1.96 bits per heavy atom. The Balaban J connectivity index is 2.38. The molecular formula is C19H32N4O4. The van der Waals surface area contributed by atoms with Crippen molar-refractivity contribution in [2.24, 2.45) is 11.8 Å². The summed E-state index contributed by atoms with van der Waals surface area (Å²) >= 11 is 0. The number of hydrogen-bond donors (Lipinski definition) is 2. The van der Waals surface area contributed by atoms with Crippen LogP contribution in [0, 0.1) is 11.8 Å². The predicted octanol–water partition coefficient (Wildman–Crippen LogP) is 1.72. The van der Waals surface area contributed by atoms with Crippen molar-refractivity contribution in [3.63, 3.8) is 0 Å². The third-order valence-corrected chi connectivity index (χ3v) is 5.04. The van der Waals surface area contributed by atoms with E-state index in [9.17, 15) is 14.4 Å². The van der Waals surface area contributed by atoms with E-state index in [4.69, 9.17) is 10.5 Å². The monoisotopic (exact) mass is 380 g/mol. The number of amides is 1. The summed E-state index contributed by atoms with van der Waals surface area (Å²) in [5.74, 6) is 0.378. The summed E-state index contributed by atoms with van der Waals surface area (Å²) in [6.07, 6.45) is 5.93. The average Bonchev–Trinajstić information content (AvgIpc) is 2.61. The van der Waals surface area contributed by atoms with Crippen LogP contribution in [-0.4, -0.2) is 35.7 Å². The summed E-state index contributed by atoms with van der Waals surface area (Å²) in [6.45, 7) is 4.76. The number of ether oxygens (including phenoxy) is 1. The maximum atomic E-state index is 13.0. The van der Waals surface area contributed by atoms with E-state index in [0.717, 1.165) is 25.7 Å². The second-order valence-electron chi connectivity index (χ2n) is 7.74. The predicted molar refractivity (Wildman–Crippen MR) is 106 cm³/mol. The molecule has 0 aliphatic heterocycles. The number of anilines is 2. The number of carbonyl (C=O) groups is 1. The van der Waals surface area contributed by atoms with Gasteiger partial charge in [-0.05, 0) is 24.7 Å². The number of methoxy groups -OCH3 is 1. The molecule has 0 radical (unpaired) electrons. The lowest BCUT2D eigenvalue weighted by Gasteiger charge is -2.27. The van der Waals surface area contributed by atoms with Gasteiger partial charge in [0.2, 0.25) is 5.91 Å². The molecule has 1 aromatic heterocycles. The molecule has 8 nitrogen and oxygen atoms in total. The van der Waals surface area contributed by atoms with Crippen LogP contribution in [0.4, 0.5) is 11.5 Å². The first-order valence-corrected chi connectivity index (χ1v) is 9.77. The van der Waals surface area contributed by atoms with Gasteiger partial charge >= 0.3 is 5.69 Å². The van der Waals surface area contributed by atoms with E-state index in [1.54, 1.807) is 0 Å². The summed E-state index contributed by atoms with van der Waals surface area (Å²) in [5.41, 5.74) is 5.05. The van der Waals surface area contributed by atoms with E-state index in [1.165, 1.54) is 23.0 Å². The fourth-order valence-corrected chi connectivity index (χ4v) is 3.68. The lowest BCUT2D eigenvalue weighted by Crippen LogP contribution is -2.43. The number of nitrogen functional groups attached to an aromatic ring is 1. The van der Waals surface area contributed by atoms with Crippen LogP contribution >= 0.6 is 0 Å². The minimum atomic E-state index is -0.634. The Morgan fingerprint density at radius 1 is 1.30 bits per heavy atom. The van der Waals surface area contributed by atoms with E-state index in [2.05, 4.69) is 4.98 Å². The fourth-order valence-electron chi connectivity index (χ4n) is 3.68. The topological polar surface area (TPSA) is 110 Å². The highest BCUT2D eigenvalue weighted by atomic mass is 16.5. The molecule has 1 aliphatic rings. The van der Waals surface area contributed by atoms with Crippen molar-refractivity contribution in [2.75, 3.05) is 30.9 Å². The third-order valence-electron chi connectivity index (χ3n) is 5.04. The molecule has 0 spiro atoms. The standard InChI is InChI=1S/C19H32N4O4/c1-13(2)12-23-17(20)16(18(25)21-19(23)26)22(9-10-27-3)15(24)11-14-7-5-4-6-8-14/h13-14H,4-12,20H2,1-3H3,(H,21,25,26). The van der Waals surface area contributed by atoms with Crippen LogP contribution in [0.25, 0.3) is 0 Å². The highest BCUT2D eigenvalue weighted by Crippen LogP contribution is 2.28. The zero-order valence-electron chi connectivity index (χ0n) is 16.6. The van der Waals surface area contributed by atoms with Crippen LogP contribution in [-0.2, 0) is 16.1 Å². The molecule has 0 bridgehead atoms. The van der Waals surface area contributed by atoms with E-state index in [0.29, 0.717) is 18.9 Å². The number of H-pyrrole nitrogens is 1. The van der Waals surface area contributed by atoms with Crippen molar-refractivity contribution in [3.8, 4) is 0 Å². The largest absolute Gasteiger partial charge is 0.383 e. The minimum Gasteiger partial charge on any atom is -0.383 e. The Morgan fingerprint density at radius 3 is 2.56 bits per heavy atom. The number of aromatic amines is 1. The van der Waals surface area contributed by atoms with Gasteiger partial charge in [0.15, 0.2) is 5.69 Å². The molecule has 1 heterocycles. The molecule has 1 saturated carbocycles. The van der Waals surface area contributed by atoms with Crippen molar-refractivity contribution < 1.29 is 9.53 Å². The summed E-state index contributed by atoms with van der Waals surface area (Å²) < 4.78 is 6.45. The number of nitrogens with one attached hydrogen (secondary N) is 1. The third kappa shape index (κ3) is 5.45. The van der Waals surface area contributed by atoms with Crippen molar-refractivity contribution in [1.82, 2.24) is 9.55 Å². The molecule has 1 amide bonds. The smallest absolute Gasteiger partial charge is 0.330 e. The lowest BCUT2D eigenvalue weighted by molar-refractivity contribution is -0.119. The molecule has 0 saturated heterocycles. The van der Waals surface area contributed by atoms with Gasteiger partial charge in [-0.3, -0.25) is 19.1 Å². The van der Waals surface area contributed by atoms with Crippen LogP contribution in [0.5, 0.6) is 0 Å². The van der Waals surface area contributed by atoms with Crippen molar-refractivity contribution in [1.29, 1.82) is 0 Å². The van der Waals surface area contributed by atoms with E-state index in [-0.39, 0.29) is 36.5 Å². The molecule has 1 fully saturated rings. The second-order valence-corrected chi connectivity index (χ2v) is 7.74. The molecule has 3 N–H and O–H groups in total. The Bertz CT molecular complexity index is 747. The second kappa shape index (κ2) is 9.73. The lowest BCUT2D eigenvalue weighted by atomic mass is 9.86. The van der Waals surface area contributed by atoms with Gasteiger partial charge in [0.05, 0.1) is 6.61 Å². The van der Waals surface area contributed by atoms with E-state index in [1.807, 2.05) is 13.8 Å². The van der Waals surface area contributed by atoms with Gasteiger partial charge < -0.3 is 15.4 Å². The van der Waals surface area contributed by atoms with Gasteiger partial charge in [-0.15, -0.1) is 0 Å². The highest BCUT2D eigenvalue weighted by Gasteiger charge is 2.27. The Hall–Kier alpha value is -2.09. The summed E-state index contributed by atoms with van der Waals surface area (Å²) in [4.78, 5) is 41.4. The van der Waals surface area contributed by atoms with Gasteiger partial charge in [0.25, 0.3) is 5.56 Å². The van der Waals surface area contributed by atoms with Gasteiger partial charge in [-0.1, -0.05) is 33.1 Å². The number of aromatic nitrogens is 2. The molecule has 0 atom stereocenters. The molecular weight excluding hydrogens is 348 g/mol. The Kier molecular flexibility index (Phi) is 7.65. The van der Waals surface area contributed by atoms with Gasteiger partial charge in [0.1, 0.15) is 5.82 Å². The first-order valence-electron chi connectivity index (χ1n) is 9.77. The highest BCUT2D eigenvalue weighted by molar-refractivity contribution is 5.95. The van der Waals surface area contributed by atoms with Crippen molar-refractivity contribution in [3.05, 3.63) is 20.8 Å². The minimum absolute atomic E-state index is 0.0329. The molecule has 27 heavy (non-hydrogen) atoms. The first kappa shape index (κ1) is 21.2. The molecule has 1 aromatic rings. The number of nitrogens with zero attached hydrogens (tertiary/aromatic N) is 2. The zero-order chi connectivity index (χ0) is 20.0. The van der Waals surface area contributed by atoms with E-state index < -0.39 is 11.2 Å². The van der Waals surface area contributed by atoms with Gasteiger partial charge in [0, 0.05) is 26.6 Å². The van der Waals surface area contributed by atoms with Crippen LogP contribution in [0.15, 0.2) is 9.59 Å². The molecule has 152 valence electrons. The van der Waals surface area contributed by atoms with Crippen molar-refractivity contribution in [2.45, 2.75) is 58.9 Å². The van der Waals surface area contributed by atoms with Crippen molar-refractivity contribution >= 4 is 17.4 Å². The number of hydrogen-bond acceptors (Lipinski definition) is 5. The maximum absolute atomic E-state index is 13.0. The van der Waals surface area contributed by atoms with Crippen LogP contribution in [0.3, 0.4) is 0 Å². The van der Waals surface area contributed by atoms with Gasteiger partial charge in [-0.25, -0.2) is 4.79 Å². The average molecular weight is 380 g/mol. The summed E-state index contributed by atoms with van der Waals surface area (Å²) in [7, 11) is 1.54. The summed E-state index contributed by atoms with van der Waals surface area (Å²) in [5, 5.41) is 0. The Labute approximate surface area is 159 Å². The quantitative estimate of drug-likeness (QED) is 0.713. The number of carbonyl (C=O) groups excluding carboxylic acids is 1. The van der Waals surface area contributed by atoms with Gasteiger partial charge in [-0.2, -0.15) is 0 Å². The van der Waals surface area contributed by atoms with Crippen LogP contribution in [0.2, 0.25) is 0 Å². The first-order chi connectivity index (χ1) is 12.8. The molecule has 2 rings (SSSR count). The zero-order valence-corrected chi connectivity index (χ0v) is 16.6. The molecule has 0 aromatic carbocycles. The van der Waals surface area contributed by atoms with E-state index >= 15 is 0 Å².